The fraction of sp³-hybridized carbons (Fsp3) is 0.583. The van der Waals surface area contributed by atoms with Crippen LogP contribution in [-0.4, -0.2) is 131 Å². The van der Waals surface area contributed by atoms with Gasteiger partial charge in [0, 0.05) is 76.5 Å². The lowest BCUT2D eigenvalue weighted by atomic mass is 9.85. The van der Waals surface area contributed by atoms with Crippen molar-refractivity contribution in [3.05, 3.63) is 70.9 Å². The zero-order chi connectivity index (χ0) is 46.0. The van der Waals surface area contributed by atoms with Gasteiger partial charge >= 0.3 is 0 Å². The van der Waals surface area contributed by atoms with Gasteiger partial charge in [0.05, 0.1) is 34.8 Å². The molecule has 0 aliphatic carbocycles. The van der Waals surface area contributed by atoms with Gasteiger partial charge in [0.15, 0.2) is 0 Å². The molecule has 348 valence electrons. The minimum absolute atomic E-state index is 0.0184. The van der Waals surface area contributed by atoms with Crippen LogP contribution in [0.5, 0.6) is 0 Å². The molecule has 1 aromatic heterocycles. The lowest BCUT2D eigenvalue weighted by Gasteiger charge is -2.38. The van der Waals surface area contributed by atoms with Crippen molar-refractivity contribution in [1.82, 2.24) is 41.2 Å². The molecule has 3 aromatic rings. The Labute approximate surface area is 382 Å². The number of amides is 5. The molecule has 4 atom stereocenters. The summed E-state index contributed by atoms with van der Waals surface area (Å²) in [4.78, 5) is 80.2. The molecular formula is C48H69N9O6S. The average Bonchev–Trinajstić information content (AvgIpc) is 3.90. The molecule has 5 N–H and O–H groups in total. The highest BCUT2D eigenvalue weighted by molar-refractivity contribution is 7.13. The molecule has 64 heavy (non-hydrogen) atoms. The number of nitrogens with one attached hydrogen (secondary N) is 4. The number of aryl methyl sites for hydroxylation is 1. The van der Waals surface area contributed by atoms with Gasteiger partial charge in [-0.25, -0.2) is 10.4 Å². The number of hydrogen-bond donors (Lipinski definition) is 5. The molecule has 3 aliphatic heterocycles. The Bertz CT molecular complexity index is 2040. The SMILES string of the molecule is CCCNNC(=O)c1ccc(N2CCN(CC(=O)N3CCC(CCCC(=O)N[C@H](C(=O)N4C[C@H](O)C[C@H]4C(=O)N[C@@H](C)c4ccc(-c5scnc5C)cc4)C(C)(C)C)CC3)CC2)cc1. The van der Waals surface area contributed by atoms with Crippen LogP contribution in [0.1, 0.15) is 107 Å². The maximum Gasteiger partial charge on any atom is 0.265 e. The van der Waals surface area contributed by atoms with E-state index in [0.717, 1.165) is 85.8 Å². The maximum atomic E-state index is 14.2. The van der Waals surface area contributed by atoms with Crippen molar-refractivity contribution < 1.29 is 29.1 Å². The number of rotatable bonds is 17. The molecule has 0 unspecified atom stereocenters. The van der Waals surface area contributed by atoms with E-state index in [1.54, 1.807) is 11.3 Å². The Morgan fingerprint density at radius 3 is 2.23 bits per heavy atom. The molecule has 6 rings (SSSR count). The molecule has 3 aliphatic rings. The number of β-amino-alcohol motifs (C(OH)–C–C–N with tert-alkyl or cyclic N) is 1. The summed E-state index contributed by atoms with van der Waals surface area (Å²) >= 11 is 1.58. The highest BCUT2D eigenvalue weighted by Gasteiger charge is 2.44. The lowest BCUT2D eigenvalue weighted by molar-refractivity contribution is -0.144. The number of anilines is 1. The minimum Gasteiger partial charge on any atom is -0.391 e. The molecule has 3 saturated heterocycles. The minimum atomic E-state index is -0.878. The monoisotopic (exact) mass is 900 g/mol. The van der Waals surface area contributed by atoms with Crippen molar-refractivity contribution in [3.63, 3.8) is 0 Å². The highest BCUT2D eigenvalue weighted by atomic mass is 32.1. The number of nitrogens with zero attached hydrogens (tertiary/aromatic N) is 5. The smallest absolute Gasteiger partial charge is 0.265 e. The molecule has 3 fully saturated rings. The third kappa shape index (κ3) is 12.9. The second kappa shape index (κ2) is 22.3. The van der Waals surface area contributed by atoms with E-state index in [2.05, 4.69) is 36.3 Å². The molecule has 2 aromatic carbocycles. The van der Waals surface area contributed by atoms with E-state index in [0.29, 0.717) is 37.5 Å². The molecule has 0 saturated carbocycles. The Morgan fingerprint density at radius 1 is 0.922 bits per heavy atom. The van der Waals surface area contributed by atoms with E-state index in [-0.39, 0.29) is 55.0 Å². The van der Waals surface area contributed by atoms with E-state index >= 15 is 0 Å². The van der Waals surface area contributed by atoms with Crippen LogP contribution in [0.15, 0.2) is 54.0 Å². The zero-order valence-electron chi connectivity index (χ0n) is 38.5. The van der Waals surface area contributed by atoms with E-state index in [1.807, 2.05) is 100 Å². The van der Waals surface area contributed by atoms with Crippen molar-refractivity contribution in [2.45, 2.75) is 111 Å². The maximum absolute atomic E-state index is 14.2. The summed E-state index contributed by atoms with van der Waals surface area (Å²) in [6, 6.07) is 13.6. The molecule has 16 heteroatoms. The van der Waals surface area contributed by atoms with Crippen LogP contribution in [0, 0.1) is 18.3 Å². The fourth-order valence-corrected chi connectivity index (χ4v) is 9.70. The van der Waals surface area contributed by atoms with Crippen molar-refractivity contribution in [2.24, 2.45) is 11.3 Å². The van der Waals surface area contributed by atoms with Crippen molar-refractivity contribution in [3.8, 4) is 10.4 Å². The van der Waals surface area contributed by atoms with Gasteiger partial charge in [-0.05, 0) is 92.7 Å². The normalized spacial score (nSPS) is 19.6. The molecule has 5 amide bonds. The summed E-state index contributed by atoms with van der Waals surface area (Å²) in [5.41, 5.74) is 11.4. The number of carbonyl (C=O) groups excluding carboxylic acids is 5. The fourth-order valence-electron chi connectivity index (χ4n) is 8.89. The van der Waals surface area contributed by atoms with Crippen molar-refractivity contribution in [1.29, 1.82) is 0 Å². The molecule has 15 nitrogen and oxygen atoms in total. The summed E-state index contributed by atoms with van der Waals surface area (Å²) in [6.07, 6.45) is 3.79. The number of benzene rings is 2. The second-order valence-electron chi connectivity index (χ2n) is 18.8. The summed E-state index contributed by atoms with van der Waals surface area (Å²) in [6.45, 7) is 17.3. The topological polar surface area (TPSA) is 180 Å². The molecule has 0 radical (unpaired) electrons. The number of aliphatic hydroxyl groups is 1. The number of likely N-dealkylation sites (tertiary alicyclic amines) is 2. The van der Waals surface area contributed by atoms with Gasteiger partial charge in [-0.1, -0.05) is 52.0 Å². The number of hydrogen-bond acceptors (Lipinski definition) is 11. The largest absolute Gasteiger partial charge is 0.391 e. The first-order chi connectivity index (χ1) is 30.6. The van der Waals surface area contributed by atoms with Crippen LogP contribution in [0.2, 0.25) is 0 Å². The van der Waals surface area contributed by atoms with Gasteiger partial charge < -0.3 is 30.4 Å². The van der Waals surface area contributed by atoms with Crippen LogP contribution in [0.3, 0.4) is 0 Å². The van der Waals surface area contributed by atoms with Crippen LogP contribution < -0.4 is 26.4 Å². The first kappa shape index (κ1) is 48.6. The summed E-state index contributed by atoms with van der Waals surface area (Å²) in [5, 5.41) is 16.7. The molecule has 0 spiro atoms. The quantitative estimate of drug-likeness (QED) is 0.0946. The third-order valence-corrected chi connectivity index (χ3v) is 13.8. The van der Waals surface area contributed by atoms with E-state index in [9.17, 15) is 29.1 Å². The first-order valence-electron chi connectivity index (χ1n) is 23.1. The third-order valence-electron chi connectivity index (χ3n) is 12.8. The van der Waals surface area contributed by atoms with Crippen LogP contribution in [0.25, 0.3) is 10.4 Å². The molecular weight excluding hydrogens is 831 g/mol. The van der Waals surface area contributed by atoms with Crippen LogP contribution in [0.4, 0.5) is 5.69 Å². The number of piperazine rings is 1. The van der Waals surface area contributed by atoms with Crippen molar-refractivity contribution in [2.75, 3.05) is 63.8 Å². The number of thiazole rings is 1. The number of aliphatic hydroxyl groups excluding tert-OH is 1. The van der Waals surface area contributed by atoms with Gasteiger partial charge in [0.2, 0.25) is 23.6 Å². The average molecular weight is 900 g/mol. The number of aromatic nitrogens is 1. The predicted octanol–water partition coefficient (Wildman–Crippen LogP) is 4.66. The molecule has 4 heterocycles. The van der Waals surface area contributed by atoms with Gasteiger partial charge in [-0.2, -0.15) is 0 Å². The van der Waals surface area contributed by atoms with E-state index in [1.165, 1.54) is 4.90 Å². The van der Waals surface area contributed by atoms with Gasteiger partial charge in [0.25, 0.3) is 5.91 Å². The molecule has 0 bridgehead atoms. The first-order valence-corrected chi connectivity index (χ1v) is 24.0. The summed E-state index contributed by atoms with van der Waals surface area (Å²) < 4.78 is 0. The van der Waals surface area contributed by atoms with Crippen LogP contribution >= 0.6 is 11.3 Å². The number of hydrazine groups is 1. The second-order valence-corrected chi connectivity index (χ2v) is 19.6. The van der Waals surface area contributed by atoms with Gasteiger partial charge in [-0.15, -0.1) is 11.3 Å². The van der Waals surface area contributed by atoms with Gasteiger partial charge in [0.1, 0.15) is 12.1 Å². The standard InChI is InChI=1S/C48H69N9O6S/c1-7-21-50-53-45(61)37-15-17-38(18-16-37)55-26-24-54(25-27-55)30-42(60)56-22-19-34(20-23-56)9-8-10-41(59)52-44(48(4,5)6)47(63)57-29-39(58)28-40(57)46(62)51-32(2)35-11-13-36(14-12-35)43-33(3)49-31-64-43/h11-18,31-32,34,39-40,44,50,58H,7-10,19-30H2,1-6H3,(H,51,62)(H,52,59)(H,53,61)/t32-,39+,40-,44+/m0/s1. The Morgan fingerprint density at radius 2 is 1.61 bits per heavy atom. The Balaban J connectivity index is 0.901. The lowest BCUT2D eigenvalue weighted by Crippen LogP contribution is -2.57. The highest BCUT2D eigenvalue weighted by Crippen LogP contribution is 2.30. The van der Waals surface area contributed by atoms with E-state index in [4.69, 9.17) is 0 Å². The van der Waals surface area contributed by atoms with Crippen molar-refractivity contribution >= 4 is 46.6 Å². The number of carbonyl (C=O) groups is 5. The van der Waals surface area contributed by atoms with Gasteiger partial charge in [-0.3, -0.25) is 34.3 Å². The summed E-state index contributed by atoms with van der Waals surface area (Å²) in [7, 11) is 0. The van der Waals surface area contributed by atoms with E-state index < -0.39 is 23.6 Å². The zero-order valence-corrected chi connectivity index (χ0v) is 39.3. The summed E-state index contributed by atoms with van der Waals surface area (Å²) in [5.74, 6) is -0.509. The Kier molecular flexibility index (Phi) is 16.9. The number of piperidine rings is 1. The predicted molar refractivity (Wildman–Crippen MR) is 250 cm³/mol. The Hall–Kier alpha value is -4.90. The van der Waals surface area contributed by atoms with Crippen LogP contribution in [-0.2, 0) is 19.2 Å².